The van der Waals surface area contributed by atoms with Crippen LogP contribution in [0.25, 0.3) is 0 Å². The summed E-state index contributed by atoms with van der Waals surface area (Å²) in [7, 11) is 1.58. The molecule has 10 bridgehead atoms. The van der Waals surface area contributed by atoms with E-state index in [9.17, 15) is 48.6 Å². The van der Waals surface area contributed by atoms with Gasteiger partial charge in [-0.25, -0.2) is 9.59 Å². The van der Waals surface area contributed by atoms with Gasteiger partial charge >= 0.3 is 12.1 Å². The van der Waals surface area contributed by atoms with Crippen molar-refractivity contribution >= 4 is 53.1 Å². The Morgan fingerprint density at radius 2 is 1.53 bits per heavy atom. The highest BCUT2D eigenvalue weighted by Crippen LogP contribution is 2.47. The van der Waals surface area contributed by atoms with Gasteiger partial charge in [-0.15, -0.1) is 0 Å². The molecule has 26 heteroatoms. The Bertz CT molecular complexity index is 2970. The number of ether oxygens (including phenoxy) is 9. The molecule has 1 aromatic carbocycles. The van der Waals surface area contributed by atoms with Crippen molar-refractivity contribution in [1.29, 1.82) is 0 Å². The lowest BCUT2D eigenvalue weighted by Crippen LogP contribution is -2.59. The lowest BCUT2D eigenvalue weighted by molar-refractivity contribution is -0.282. The number of nitrogens with one attached hydrogen (secondary N) is 5. The molecular weight excluding hydrogens is 1240 g/mol. The number of hydrogen-bond acceptors (Lipinski definition) is 19. The van der Waals surface area contributed by atoms with Gasteiger partial charge in [0.25, 0.3) is 11.8 Å². The standard InChI is InChI=1S/C70H101N7O19/c1-38(2)62(76-59(81)12-8-7-9-26-77-60(82)21-22-61(77)83)67(85)75-50(11-10-25-72-68(71)86)66(84)74-43-15-13-42(14-16-43)36-89-69(87)73-35-45(79)31-57-63(88-6)49-30-44(78)29-47-18-20-53-65(93-47)56-33-58(94-53)64-51(80)34-70(96-64,37-90-56)24-23-48-28-40(4)52(91-48)19-17-46-27-39(3)41(5)54(92-46)32-55(49)95-57/h13-16,21-22,38-39,45-58,62-65,79-80H,4-5,7-12,17-20,23-37H2,1-3,6H3,(H,73,87)(H,74,84)(H,75,85)(H,76,81)(H3,71,72,86)/t39-,45?,46+,47?,48?,49?,50?,51+,52+,53+,54?,55+,56?,57-,58?,62+,63-,64?,65+,70?/m1/s1. The van der Waals surface area contributed by atoms with Crippen LogP contribution in [0.4, 0.5) is 15.3 Å². The number of primary amides is 1. The van der Waals surface area contributed by atoms with Gasteiger partial charge in [-0.1, -0.05) is 52.5 Å². The number of hydrogen-bond donors (Lipinski definition) is 8. The highest BCUT2D eigenvalue weighted by atomic mass is 16.6. The van der Waals surface area contributed by atoms with Crippen molar-refractivity contribution in [1.82, 2.24) is 26.2 Å². The maximum atomic E-state index is 14.5. The minimum absolute atomic E-state index is 0.0123. The third-order valence-electron chi connectivity index (χ3n) is 20.8. The smallest absolute Gasteiger partial charge is 0.407 e. The minimum Gasteiger partial charge on any atom is -0.445 e. The van der Waals surface area contributed by atoms with Gasteiger partial charge in [0.1, 0.15) is 36.7 Å². The molecule has 10 rings (SSSR count). The number of ketones is 1. The molecule has 9 N–H and O–H groups in total. The van der Waals surface area contributed by atoms with Crippen LogP contribution in [0.15, 0.2) is 60.7 Å². The summed E-state index contributed by atoms with van der Waals surface area (Å²) in [6.45, 7) is 15.0. The predicted octanol–water partition coefficient (Wildman–Crippen LogP) is 4.93. The van der Waals surface area contributed by atoms with Crippen molar-refractivity contribution in [3.63, 3.8) is 0 Å². The van der Waals surface area contributed by atoms with Crippen LogP contribution < -0.4 is 32.3 Å². The van der Waals surface area contributed by atoms with Crippen LogP contribution in [0.5, 0.6) is 0 Å². The van der Waals surface area contributed by atoms with Crippen LogP contribution in [-0.2, 0) is 78.0 Å². The fraction of sp³-hybridized carbons (Fsp3) is 0.714. The van der Waals surface area contributed by atoms with Crippen molar-refractivity contribution in [2.24, 2.45) is 23.5 Å². The maximum absolute atomic E-state index is 14.5. The molecular formula is C70H101N7O19. The number of nitrogens with two attached hydrogens (primary N) is 1. The van der Waals surface area contributed by atoms with E-state index in [0.717, 1.165) is 48.2 Å². The summed E-state index contributed by atoms with van der Waals surface area (Å²) in [4.78, 5) is 104. The number of methoxy groups -OCH3 is 1. The van der Waals surface area contributed by atoms with E-state index in [1.54, 1.807) is 45.2 Å². The molecule has 9 aliphatic rings. The van der Waals surface area contributed by atoms with Crippen LogP contribution in [-0.4, -0.2) is 205 Å². The van der Waals surface area contributed by atoms with Crippen LogP contribution in [0, 0.1) is 17.8 Å². The van der Waals surface area contributed by atoms with Gasteiger partial charge in [0.2, 0.25) is 17.7 Å². The Hall–Kier alpha value is -6.20. The zero-order chi connectivity index (χ0) is 68.4. The minimum atomic E-state index is -1.11. The number of benzene rings is 1. The molecule has 10 unspecified atom stereocenters. The second kappa shape index (κ2) is 33.1. The van der Waals surface area contributed by atoms with Gasteiger partial charge in [-0.2, -0.15) is 0 Å². The lowest BCUT2D eigenvalue weighted by atomic mass is 9.81. The third-order valence-corrected chi connectivity index (χ3v) is 20.8. The van der Waals surface area contributed by atoms with Crippen LogP contribution >= 0.6 is 0 Å². The summed E-state index contributed by atoms with van der Waals surface area (Å²) >= 11 is 0. The van der Waals surface area contributed by atoms with E-state index in [4.69, 9.17) is 48.4 Å². The fourth-order valence-electron chi connectivity index (χ4n) is 15.6. The molecule has 0 saturated carbocycles. The number of carbonyl (C=O) groups is 8. The molecule has 26 nitrogen and oxygen atoms in total. The quantitative estimate of drug-likeness (QED) is 0.0409. The molecule has 9 heterocycles. The van der Waals surface area contributed by atoms with Gasteiger partial charge in [0.05, 0.1) is 91.6 Å². The van der Waals surface area contributed by atoms with E-state index < -0.39 is 90.3 Å². The first kappa shape index (κ1) is 72.5. The molecule has 530 valence electrons. The van der Waals surface area contributed by atoms with Gasteiger partial charge < -0.3 is 85.2 Å². The molecule has 8 amide bonds. The average Bonchev–Trinajstić information content (AvgIpc) is 1.55. The van der Waals surface area contributed by atoms with Crippen molar-refractivity contribution < 1.29 is 91.2 Å². The molecule has 0 radical (unpaired) electrons. The summed E-state index contributed by atoms with van der Waals surface area (Å²) in [5.74, 6) is -2.91. The number of amides is 8. The first-order chi connectivity index (χ1) is 46.0. The van der Waals surface area contributed by atoms with Crippen molar-refractivity contribution in [2.45, 2.75) is 265 Å². The molecule has 96 heavy (non-hydrogen) atoms. The normalized spacial score (nSPS) is 33.9. The number of carbonyl (C=O) groups excluding carboxylic acids is 8. The summed E-state index contributed by atoms with van der Waals surface area (Å²) < 4.78 is 59.1. The van der Waals surface area contributed by atoms with Gasteiger partial charge in [-0.3, -0.25) is 33.7 Å². The van der Waals surface area contributed by atoms with Gasteiger partial charge in [-0.05, 0) is 118 Å². The largest absolute Gasteiger partial charge is 0.445 e. The summed E-state index contributed by atoms with van der Waals surface area (Å²) in [5.41, 5.74) is 7.50. The average molecular weight is 1340 g/mol. The summed E-state index contributed by atoms with van der Waals surface area (Å²) in [5, 5.41) is 36.5. The van der Waals surface area contributed by atoms with E-state index in [0.29, 0.717) is 75.6 Å². The van der Waals surface area contributed by atoms with E-state index >= 15 is 0 Å². The number of anilines is 1. The lowest BCUT2D eigenvalue weighted by Gasteiger charge is -2.49. The number of nitrogens with zero attached hydrogens (tertiary/aromatic N) is 1. The SMILES string of the molecule is C=C1C2C[C@@H]3O[C@H](CC(O)CNC(=O)OCc4ccc(NC(=O)C(CCCNC(N)=O)NC(=O)[C@@H](NC(=O)CCCCCN5C(=O)C=CC5=O)C(C)C)cc4)[C@H](OC)C3CC(=O)CC3CC[C@@H]4OC5CC(OCC6(CCC7CC(=C)[C@H](CC[C@@H](C[C@H]1C)O2)O7)C[C@H](O)C5O6)[C@H]4O3. The van der Waals surface area contributed by atoms with Crippen LogP contribution in [0.1, 0.15) is 155 Å². The summed E-state index contributed by atoms with van der Waals surface area (Å²) in [6.07, 6.45) is 4.60. The Kier molecular flexibility index (Phi) is 25.0. The topological polar surface area (TPSA) is 350 Å². The number of aliphatic hydroxyl groups is 2. The van der Waals surface area contributed by atoms with Crippen LogP contribution in [0.2, 0.25) is 0 Å². The Morgan fingerprint density at radius 3 is 2.28 bits per heavy atom. The van der Waals surface area contributed by atoms with E-state index in [1.165, 1.54) is 12.2 Å². The number of imide groups is 1. The molecule has 0 aromatic heterocycles. The van der Waals surface area contributed by atoms with Gasteiger partial charge in [0, 0.05) is 95.4 Å². The number of aliphatic hydroxyl groups excluding tert-OH is 2. The van der Waals surface area contributed by atoms with E-state index in [-0.39, 0.29) is 149 Å². The molecule has 8 fully saturated rings. The predicted molar refractivity (Wildman–Crippen MR) is 347 cm³/mol. The van der Waals surface area contributed by atoms with Crippen LogP contribution in [0.3, 0.4) is 0 Å². The molecule has 8 saturated heterocycles. The molecule has 9 aliphatic heterocycles. The Balaban J connectivity index is 0.722. The molecule has 0 aliphatic carbocycles. The maximum Gasteiger partial charge on any atom is 0.407 e. The molecule has 1 spiro atoms. The number of Topliss-reactive ketones (excluding diaryl/α,β-unsaturated/α-hetero) is 1. The number of rotatable bonds is 23. The van der Waals surface area contributed by atoms with E-state index in [2.05, 4.69) is 46.7 Å². The number of fused-ring (bicyclic) bond motifs is 10. The van der Waals surface area contributed by atoms with Crippen molar-refractivity contribution in [3.8, 4) is 0 Å². The second-order valence-corrected chi connectivity index (χ2v) is 28.4. The molecule has 20 atom stereocenters. The van der Waals surface area contributed by atoms with Crippen molar-refractivity contribution in [3.05, 3.63) is 66.3 Å². The zero-order valence-corrected chi connectivity index (χ0v) is 56.0. The Morgan fingerprint density at radius 1 is 0.781 bits per heavy atom. The van der Waals surface area contributed by atoms with E-state index in [1.807, 2.05) is 0 Å². The number of alkyl carbamates (subject to hydrolysis) is 1. The number of urea groups is 1. The highest BCUT2D eigenvalue weighted by Gasteiger charge is 2.57. The fourth-order valence-corrected chi connectivity index (χ4v) is 15.6. The van der Waals surface area contributed by atoms with Crippen molar-refractivity contribution in [2.75, 3.05) is 38.7 Å². The first-order valence-electron chi connectivity index (χ1n) is 34.8. The van der Waals surface area contributed by atoms with Gasteiger partial charge in [0.15, 0.2) is 0 Å². The Labute approximate surface area is 561 Å². The third kappa shape index (κ3) is 18.8. The molecule has 1 aromatic rings. The second-order valence-electron chi connectivity index (χ2n) is 28.4. The number of unbranched alkanes of at least 4 members (excludes halogenated alkanes) is 2. The first-order valence-corrected chi connectivity index (χ1v) is 34.8. The zero-order valence-electron chi connectivity index (χ0n) is 56.0. The monoisotopic (exact) mass is 1340 g/mol. The highest BCUT2D eigenvalue weighted by molar-refractivity contribution is 6.12. The summed E-state index contributed by atoms with van der Waals surface area (Å²) in [6, 6.07) is 3.67.